The first kappa shape index (κ1) is 9.75. The lowest BCUT2D eigenvalue weighted by Crippen LogP contribution is -2.04. The molecular weight excluding hydrogens is 196 g/mol. The van der Waals surface area contributed by atoms with Crippen molar-refractivity contribution in [3.8, 4) is 0 Å². The summed E-state index contributed by atoms with van der Waals surface area (Å²) in [7, 11) is 0. The van der Waals surface area contributed by atoms with Crippen molar-refractivity contribution in [2.24, 2.45) is 0 Å². The average Bonchev–Trinajstić information content (AvgIpc) is 2.23. The van der Waals surface area contributed by atoms with E-state index in [4.69, 9.17) is 16.3 Å². The molecule has 0 aliphatic carbocycles. The minimum Gasteiger partial charge on any atom is -0.377 e. The molecule has 0 radical (unpaired) electrons. The second-order valence-electron chi connectivity index (χ2n) is 3.51. The van der Waals surface area contributed by atoms with Gasteiger partial charge in [0.1, 0.15) is 0 Å². The largest absolute Gasteiger partial charge is 0.377 e. The molecule has 0 spiro atoms. The Bertz CT molecular complexity index is 369. The van der Waals surface area contributed by atoms with Gasteiger partial charge in [0.2, 0.25) is 0 Å². The Morgan fingerprint density at radius 1 is 1.36 bits per heavy atom. The molecule has 1 aliphatic rings. The van der Waals surface area contributed by atoms with Crippen LogP contribution >= 0.6 is 11.6 Å². The SMILES string of the molecule is Cc1ccc(Cl)cc1C1=CCOCC1. The van der Waals surface area contributed by atoms with E-state index in [0.29, 0.717) is 0 Å². The summed E-state index contributed by atoms with van der Waals surface area (Å²) in [6, 6.07) is 6.03. The van der Waals surface area contributed by atoms with Crippen LogP contribution in [-0.2, 0) is 4.74 Å². The molecule has 74 valence electrons. The quantitative estimate of drug-likeness (QED) is 0.687. The van der Waals surface area contributed by atoms with Crippen molar-refractivity contribution in [3.05, 3.63) is 40.4 Å². The topological polar surface area (TPSA) is 9.23 Å². The third-order valence-electron chi connectivity index (χ3n) is 2.51. The summed E-state index contributed by atoms with van der Waals surface area (Å²) in [5, 5.41) is 0.804. The second kappa shape index (κ2) is 4.16. The molecule has 1 heterocycles. The van der Waals surface area contributed by atoms with Crippen molar-refractivity contribution >= 4 is 17.2 Å². The smallest absolute Gasteiger partial charge is 0.0653 e. The summed E-state index contributed by atoms with van der Waals surface area (Å²) in [6.45, 7) is 3.65. The van der Waals surface area contributed by atoms with E-state index < -0.39 is 0 Å². The third-order valence-corrected chi connectivity index (χ3v) is 2.74. The molecule has 2 rings (SSSR count). The Morgan fingerprint density at radius 3 is 2.93 bits per heavy atom. The van der Waals surface area contributed by atoms with Crippen molar-refractivity contribution < 1.29 is 4.74 Å². The normalized spacial score (nSPS) is 16.6. The third kappa shape index (κ3) is 1.99. The van der Waals surface area contributed by atoms with Gasteiger partial charge in [-0.2, -0.15) is 0 Å². The summed E-state index contributed by atoms with van der Waals surface area (Å²) in [5.41, 5.74) is 3.90. The van der Waals surface area contributed by atoms with Gasteiger partial charge in [0.25, 0.3) is 0 Å². The maximum Gasteiger partial charge on any atom is 0.0653 e. The molecule has 1 aliphatic heterocycles. The van der Waals surface area contributed by atoms with Crippen molar-refractivity contribution in [1.82, 2.24) is 0 Å². The highest BCUT2D eigenvalue weighted by Gasteiger charge is 2.08. The molecule has 1 nitrogen and oxygen atoms in total. The Labute approximate surface area is 89.3 Å². The molecule has 14 heavy (non-hydrogen) atoms. The standard InChI is InChI=1S/C12H13ClO/c1-9-2-3-11(13)8-12(9)10-4-6-14-7-5-10/h2-4,8H,5-7H2,1H3. The van der Waals surface area contributed by atoms with Gasteiger partial charge in [-0.15, -0.1) is 0 Å². The lowest BCUT2D eigenvalue weighted by atomic mass is 9.97. The molecule has 2 heteroatoms. The van der Waals surface area contributed by atoms with Gasteiger partial charge in [-0.25, -0.2) is 0 Å². The van der Waals surface area contributed by atoms with Crippen molar-refractivity contribution in [2.45, 2.75) is 13.3 Å². The van der Waals surface area contributed by atoms with Crippen molar-refractivity contribution in [3.63, 3.8) is 0 Å². The van der Waals surface area contributed by atoms with Gasteiger partial charge in [0.15, 0.2) is 0 Å². The van der Waals surface area contributed by atoms with Crippen LogP contribution in [0.5, 0.6) is 0 Å². The van der Waals surface area contributed by atoms with E-state index in [1.165, 1.54) is 16.7 Å². The first-order valence-electron chi connectivity index (χ1n) is 4.80. The van der Waals surface area contributed by atoms with E-state index in [1.807, 2.05) is 12.1 Å². The minimum atomic E-state index is 0.723. The number of hydrogen-bond acceptors (Lipinski definition) is 1. The molecule has 0 unspecified atom stereocenters. The summed E-state index contributed by atoms with van der Waals surface area (Å²) in [5.74, 6) is 0. The molecule has 0 fully saturated rings. The second-order valence-corrected chi connectivity index (χ2v) is 3.95. The van der Waals surface area contributed by atoms with Gasteiger partial charge >= 0.3 is 0 Å². The number of rotatable bonds is 1. The number of halogens is 1. The van der Waals surface area contributed by atoms with Gasteiger partial charge in [0.05, 0.1) is 13.2 Å². The maximum absolute atomic E-state index is 5.98. The molecule has 0 N–H and O–H groups in total. The molecule has 1 aromatic carbocycles. The predicted molar refractivity (Wildman–Crippen MR) is 59.6 cm³/mol. The lowest BCUT2D eigenvalue weighted by molar-refractivity contribution is 0.161. The Morgan fingerprint density at radius 2 is 2.21 bits per heavy atom. The number of benzene rings is 1. The Hall–Kier alpha value is -0.790. The van der Waals surface area contributed by atoms with Gasteiger partial charge in [-0.3, -0.25) is 0 Å². The zero-order valence-electron chi connectivity index (χ0n) is 8.22. The van der Waals surface area contributed by atoms with Crippen LogP contribution < -0.4 is 0 Å². The number of ether oxygens (including phenoxy) is 1. The zero-order chi connectivity index (χ0) is 9.97. The number of aryl methyl sites for hydroxylation is 1. The monoisotopic (exact) mass is 208 g/mol. The molecule has 0 atom stereocenters. The van der Waals surface area contributed by atoms with E-state index in [9.17, 15) is 0 Å². The maximum atomic E-state index is 5.98. The fourth-order valence-electron chi connectivity index (χ4n) is 1.71. The average molecular weight is 209 g/mol. The van der Waals surface area contributed by atoms with E-state index in [-0.39, 0.29) is 0 Å². The van der Waals surface area contributed by atoms with E-state index in [2.05, 4.69) is 19.1 Å². The Balaban J connectivity index is 2.39. The van der Waals surface area contributed by atoms with Gasteiger partial charge < -0.3 is 4.74 Å². The van der Waals surface area contributed by atoms with Crippen LogP contribution in [0, 0.1) is 6.92 Å². The molecule has 1 aromatic rings. The highest BCUT2D eigenvalue weighted by atomic mass is 35.5. The van der Waals surface area contributed by atoms with Crippen LogP contribution in [0.4, 0.5) is 0 Å². The van der Waals surface area contributed by atoms with Crippen LogP contribution in [0.3, 0.4) is 0 Å². The van der Waals surface area contributed by atoms with Crippen molar-refractivity contribution in [2.75, 3.05) is 13.2 Å². The van der Waals surface area contributed by atoms with Gasteiger partial charge in [-0.05, 0) is 42.2 Å². The van der Waals surface area contributed by atoms with Crippen LogP contribution in [0.2, 0.25) is 5.02 Å². The molecule has 0 amide bonds. The Kier molecular flexibility index (Phi) is 2.90. The van der Waals surface area contributed by atoms with Crippen LogP contribution in [0.15, 0.2) is 24.3 Å². The zero-order valence-corrected chi connectivity index (χ0v) is 8.97. The van der Waals surface area contributed by atoms with Crippen molar-refractivity contribution in [1.29, 1.82) is 0 Å². The first-order valence-corrected chi connectivity index (χ1v) is 5.18. The summed E-state index contributed by atoms with van der Waals surface area (Å²) in [6.07, 6.45) is 3.13. The molecule has 0 bridgehead atoms. The van der Waals surface area contributed by atoms with Gasteiger partial charge in [0, 0.05) is 5.02 Å². The number of hydrogen-bond donors (Lipinski definition) is 0. The lowest BCUT2D eigenvalue weighted by Gasteiger charge is -2.15. The summed E-state index contributed by atoms with van der Waals surface area (Å²) < 4.78 is 5.28. The minimum absolute atomic E-state index is 0.723. The van der Waals surface area contributed by atoms with Crippen LogP contribution in [0.25, 0.3) is 5.57 Å². The summed E-state index contributed by atoms with van der Waals surface area (Å²) in [4.78, 5) is 0. The molecule has 0 saturated carbocycles. The van der Waals surface area contributed by atoms with E-state index in [0.717, 1.165) is 24.7 Å². The van der Waals surface area contributed by atoms with Crippen LogP contribution in [-0.4, -0.2) is 13.2 Å². The fraction of sp³-hybridized carbons (Fsp3) is 0.333. The van der Waals surface area contributed by atoms with E-state index in [1.54, 1.807) is 0 Å². The highest BCUT2D eigenvalue weighted by Crippen LogP contribution is 2.26. The molecule has 0 saturated heterocycles. The molecule has 0 aromatic heterocycles. The summed E-state index contributed by atoms with van der Waals surface area (Å²) >= 11 is 5.98. The van der Waals surface area contributed by atoms with Crippen LogP contribution in [0.1, 0.15) is 17.5 Å². The van der Waals surface area contributed by atoms with E-state index >= 15 is 0 Å². The predicted octanol–water partition coefficient (Wildman–Crippen LogP) is 3.45. The van der Waals surface area contributed by atoms with Gasteiger partial charge in [-0.1, -0.05) is 23.7 Å². The molecular formula is C12H13ClO. The first-order chi connectivity index (χ1) is 6.77. The fourth-order valence-corrected chi connectivity index (χ4v) is 1.88. The highest BCUT2D eigenvalue weighted by molar-refractivity contribution is 6.30.